The number of nitrogens with zero attached hydrogens (tertiary/aromatic N) is 2. The van der Waals surface area contributed by atoms with Crippen molar-refractivity contribution in [1.82, 2.24) is 4.57 Å². The molecular formula is C30H24BrN3O5S2. The number of hydrogen-bond donors (Lipinski definition) is 1. The molecule has 2 aliphatic heterocycles. The lowest BCUT2D eigenvalue weighted by Crippen LogP contribution is -2.33. The molecule has 0 radical (unpaired) electrons. The van der Waals surface area contributed by atoms with Gasteiger partial charge in [-0.25, -0.2) is 4.90 Å². The molecule has 0 aliphatic carbocycles. The van der Waals surface area contributed by atoms with E-state index in [9.17, 15) is 19.2 Å². The standard InChI is InChI=1S/C30H24BrN3O5S2/c1-16-6-10-20(11-7-16)34-27(36)24-23(17-4-3-5-18(31)14-17)26-29(40-25(24)28(34)37)33(30(38)41-26)15-22(35)32-19-8-12-21(39-2)13-9-19/h3-14,23-25H,15H2,1-2H3,(H,32,35). The molecule has 2 aliphatic rings. The van der Waals surface area contributed by atoms with E-state index in [1.807, 2.05) is 43.3 Å². The lowest BCUT2D eigenvalue weighted by Gasteiger charge is -2.30. The van der Waals surface area contributed by atoms with Crippen LogP contribution in [0.4, 0.5) is 11.4 Å². The minimum Gasteiger partial charge on any atom is -0.497 e. The van der Waals surface area contributed by atoms with E-state index < -0.39 is 17.1 Å². The Morgan fingerprint density at radius 3 is 2.41 bits per heavy atom. The zero-order chi connectivity index (χ0) is 28.8. The van der Waals surface area contributed by atoms with Gasteiger partial charge in [-0.3, -0.25) is 23.7 Å². The van der Waals surface area contributed by atoms with E-state index in [0.717, 1.165) is 26.9 Å². The predicted molar refractivity (Wildman–Crippen MR) is 163 cm³/mol. The molecule has 8 nitrogen and oxygen atoms in total. The molecule has 6 rings (SSSR count). The number of amides is 3. The number of benzene rings is 3. The first kappa shape index (κ1) is 27.5. The lowest BCUT2D eigenvalue weighted by atomic mass is 9.83. The zero-order valence-corrected chi connectivity index (χ0v) is 25.2. The molecule has 11 heteroatoms. The largest absolute Gasteiger partial charge is 0.497 e. The average Bonchev–Trinajstić information content (AvgIpc) is 3.40. The maximum absolute atomic E-state index is 14.0. The van der Waals surface area contributed by atoms with Crippen LogP contribution in [0.25, 0.3) is 0 Å². The maximum Gasteiger partial charge on any atom is 0.308 e. The number of fused-ring (bicyclic) bond motifs is 2. The monoisotopic (exact) mass is 649 g/mol. The third-order valence-corrected chi connectivity index (χ3v) is 10.3. The number of halogens is 1. The van der Waals surface area contributed by atoms with Gasteiger partial charge in [0.15, 0.2) is 0 Å². The van der Waals surface area contributed by atoms with Crippen LogP contribution >= 0.6 is 39.0 Å². The van der Waals surface area contributed by atoms with Gasteiger partial charge in [0.25, 0.3) is 0 Å². The van der Waals surface area contributed by atoms with Crippen LogP contribution in [0.1, 0.15) is 21.9 Å². The highest BCUT2D eigenvalue weighted by molar-refractivity contribution is 9.10. The first-order valence-electron chi connectivity index (χ1n) is 12.8. The number of anilines is 2. The third kappa shape index (κ3) is 5.02. The van der Waals surface area contributed by atoms with Gasteiger partial charge in [-0.15, -0.1) is 0 Å². The van der Waals surface area contributed by atoms with Crippen LogP contribution in [0.3, 0.4) is 0 Å². The van der Waals surface area contributed by atoms with Crippen LogP contribution in [-0.2, 0) is 20.9 Å². The first-order valence-corrected chi connectivity index (χ1v) is 15.3. The van der Waals surface area contributed by atoms with Gasteiger partial charge in [0.1, 0.15) is 17.5 Å². The molecule has 3 atom stereocenters. The zero-order valence-electron chi connectivity index (χ0n) is 22.0. The Morgan fingerprint density at radius 2 is 1.73 bits per heavy atom. The molecule has 0 spiro atoms. The van der Waals surface area contributed by atoms with E-state index in [0.29, 0.717) is 27.0 Å². The van der Waals surface area contributed by atoms with E-state index in [2.05, 4.69) is 21.2 Å². The van der Waals surface area contributed by atoms with Crippen molar-refractivity contribution in [2.24, 2.45) is 5.92 Å². The number of thiazole rings is 1. The summed E-state index contributed by atoms with van der Waals surface area (Å²) in [6.07, 6.45) is 0. The Hall–Kier alpha value is -3.67. The molecule has 208 valence electrons. The van der Waals surface area contributed by atoms with E-state index >= 15 is 0 Å². The predicted octanol–water partition coefficient (Wildman–Crippen LogP) is 5.42. The minimum absolute atomic E-state index is 0.226. The smallest absolute Gasteiger partial charge is 0.308 e. The number of aromatic nitrogens is 1. The van der Waals surface area contributed by atoms with Crippen molar-refractivity contribution in [2.45, 2.75) is 29.7 Å². The molecule has 1 fully saturated rings. The van der Waals surface area contributed by atoms with Gasteiger partial charge >= 0.3 is 4.87 Å². The highest BCUT2D eigenvalue weighted by atomic mass is 79.9. The van der Waals surface area contributed by atoms with E-state index in [1.165, 1.54) is 21.2 Å². The number of thioether (sulfide) groups is 1. The van der Waals surface area contributed by atoms with Crippen molar-refractivity contribution in [3.8, 4) is 5.75 Å². The molecule has 0 saturated carbocycles. The van der Waals surface area contributed by atoms with Crippen LogP contribution in [0.2, 0.25) is 0 Å². The van der Waals surface area contributed by atoms with Crippen molar-refractivity contribution in [2.75, 3.05) is 17.3 Å². The average molecular weight is 651 g/mol. The fraction of sp³-hybridized carbons (Fsp3) is 0.200. The van der Waals surface area contributed by atoms with Gasteiger partial charge in [-0.1, -0.05) is 68.9 Å². The van der Waals surface area contributed by atoms with Crippen LogP contribution in [0.5, 0.6) is 5.75 Å². The normalized spacial score (nSPS) is 19.6. The first-order chi connectivity index (χ1) is 19.7. The molecule has 3 heterocycles. The number of ether oxygens (including phenoxy) is 1. The maximum atomic E-state index is 14.0. The second kappa shape index (κ2) is 11.0. The Balaban J connectivity index is 1.39. The molecule has 1 aromatic heterocycles. The Kier molecular flexibility index (Phi) is 7.35. The van der Waals surface area contributed by atoms with Crippen molar-refractivity contribution < 1.29 is 19.1 Å². The summed E-state index contributed by atoms with van der Waals surface area (Å²) >= 11 is 5.74. The Bertz CT molecular complexity index is 1730. The van der Waals surface area contributed by atoms with E-state index in [1.54, 1.807) is 43.5 Å². The minimum atomic E-state index is -0.745. The molecule has 3 aromatic carbocycles. The molecule has 0 bridgehead atoms. The molecular weight excluding hydrogens is 626 g/mol. The van der Waals surface area contributed by atoms with Crippen LogP contribution in [0.15, 0.2) is 87.1 Å². The van der Waals surface area contributed by atoms with E-state index in [-0.39, 0.29) is 29.1 Å². The number of nitrogens with one attached hydrogen (secondary N) is 1. The van der Waals surface area contributed by atoms with Crippen molar-refractivity contribution >= 4 is 68.1 Å². The third-order valence-electron chi connectivity index (χ3n) is 7.22. The number of rotatable bonds is 6. The number of imide groups is 1. The molecule has 1 saturated heterocycles. The summed E-state index contributed by atoms with van der Waals surface area (Å²) in [7, 11) is 1.56. The quantitative estimate of drug-likeness (QED) is 0.280. The highest BCUT2D eigenvalue weighted by Gasteiger charge is 2.56. The van der Waals surface area contributed by atoms with Gasteiger partial charge < -0.3 is 10.1 Å². The van der Waals surface area contributed by atoms with Crippen molar-refractivity contribution in [3.05, 3.63) is 103 Å². The summed E-state index contributed by atoms with van der Waals surface area (Å²) in [5.41, 5.74) is 2.93. The SMILES string of the molecule is COc1ccc(NC(=O)Cn2c3c(sc2=O)C(c2cccc(Br)c2)C2C(=O)N(c4ccc(C)cc4)C(=O)C2S3)cc1. The second-order valence-electron chi connectivity index (χ2n) is 9.84. The number of aryl methyl sites for hydroxylation is 1. The Morgan fingerprint density at radius 1 is 1.00 bits per heavy atom. The summed E-state index contributed by atoms with van der Waals surface area (Å²) in [5, 5.41) is 2.62. The highest BCUT2D eigenvalue weighted by Crippen LogP contribution is 2.54. The molecule has 1 N–H and O–H groups in total. The molecule has 3 amide bonds. The van der Waals surface area contributed by atoms with Gasteiger partial charge in [-0.05, 0) is 61.0 Å². The van der Waals surface area contributed by atoms with Crippen molar-refractivity contribution in [3.63, 3.8) is 0 Å². The molecule has 41 heavy (non-hydrogen) atoms. The lowest BCUT2D eigenvalue weighted by molar-refractivity contribution is -0.122. The summed E-state index contributed by atoms with van der Waals surface area (Å²) < 4.78 is 7.40. The fourth-order valence-electron chi connectivity index (χ4n) is 5.28. The van der Waals surface area contributed by atoms with Gasteiger partial charge in [0.05, 0.1) is 23.7 Å². The number of hydrogen-bond acceptors (Lipinski definition) is 7. The van der Waals surface area contributed by atoms with Gasteiger partial charge in [-0.2, -0.15) is 0 Å². The molecule has 4 aromatic rings. The van der Waals surface area contributed by atoms with Crippen LogP contribution < -0.4 is 19.8 Å². The van der Waals surface area contributed by atoms with Crippen molar-refractivity contribution in [1.29, 1.82) is 0 Å². The Labute approximate surface area is 252 Å². The molecule has 3 unspecified atom stereocenters. The number of carbonyl (C=O) groups excluding carboxylic acids is 3. The topological polar surface area (TPSA) is 97.7 Å². The van der Waals surface area contributed by atoms with E-state index in [4.69, 9.17) is 4.74 Å². The summed E-state index contributed by atoms with van der Waals surface area (Å²) in [6.45, 7) is 1.72. The van der Waals surface area contributed by atoms with Crippen LogP contribution in [0, 0.1) is 12.8 Å². The fourth-order valence-corrected chi connectivity index (χ4v) is 8.47. The van der Waals surface area contributed by atoms with Crippen LogP contribution in [-0.4, -0.2) is 34.6 Å². The summed E-state index contributed by atoms with van der Waals surface area (Å²) in [5.74, 6) is -1.57. The van der Waals surface area contributed by atoms with Gasteiger partial charge in [0.2, 0.25) is 17.7 Å². The number of methoxy groups -OCH3 is 1. The number of carbonyl (C=O) groups is 3. The second-order valence-corrected chi connectivity index (χ2v) is 12.9. The summed E-state index contributed by atoms with van der Waals surface area (Å²) in [6, 6.07) is 21.8. The summed E-state index contributed by atoms with van der Waals surface area (Å²) in [4.78, 5) is 55.8. The van der Waals surface area contributed by atoms with Gasteiger partial charge in [0, 0.05) is 21.0 Å².